The lowest BCUT2D eigenvalue weighted by atomic mass is 10.1. The summed E-state index contributed by atoms with van der Waals surface area (Å²) in [6.07, 6.45) is 1.00. The van der Waals surface area contributed by atoms with Gasteiger partial charge in [0.15, 0.2) is 0 Å². The van der Waals surface area contributed by atoms with Crippen LogP contribution in [0, 0.1) is 0 Å². The zero-order chi connectivity index (χ0) is 17.3. The molecule has 0 fully saturated rings. The van der Waals surface area contributed by atoms with Crippen molar-refractivity contribution in [1.29, 1.82) is 0 Å². The van der Waals surface area contributed by atoms with Crippen LogP contribution in [0.1, 0.15) is 53.9 Å². The number of carbonyl (C=O) groups excluding carboxylic acids is 4. The van der Waals surface area contributed by atoms with Gasteiger partial charge in [0.05, 0.1) is 0 Å². The third kappa shape index (κ3) is 9.10. The van der Waals surface area contributed by atoms with Gasteiger partial charge in [0.2, 0.25) is 17.7 Å². The van der Waals surface area contributed by atoms with Crippen molar-refractivity contribution in [3.05, 3.63) is 0 Å². The van der Waals surface area contributed by atoms with Gasteiger partial charge in [-0.2, -0.15) is 0 Å². The molecule has 2 atom stereocenters. The Morgan fingerprint density at radius 3 is 1.77 bits per heavy atom. The standard InChI is InChI=1S/C15H27N3O4/c1-9(2)16-14(21)12(5)18-15(22)11(4)17-13(20)8-6-7-10(3)19/h9,11-12H,6-8H2,1-5H3,(H,16,21)(H,17,20)(H,18,22). The predicted molar refractivity (Wildman–Crippen MR) is 83.0 cm³/mol. The van der Waals surface area contributed by atoms with Crippen molar-refractivity contribution in [2.24, 2.45) is 0 Å². The van der Waals surface area contributed by atoms with E-state index in [9.17, 15) is 19.2 Å². The van der Waals surface area contributed by atoms with Crippen molar-refractivity contribution in [1.82, 2.24) is 16.0 Å². The summed E-state index contributed by atoms with van der Waals surface area (Å²) in [4.78, 5) is 46.0. The molecule has 0 spiro atoms. The lowest BCUT2D eigenvalue weighted by molar-refractivity contribution is -0.131. The van der Waals surface area contributed by atoms with Gasteiger partial charge in [-0.05, 0) is 41.0 Å². The first kappa shape index (κ1) is 20.1. The molecule has 0 aliphatic carbocycles. The molecular weight excluding hydrogens is 286 g/mol. The molecule has 0 radical (unpaired) electrons. The van der Waals surface area contributed by atoms with E-state index in [2.05, 4.69) is 16.0 Å². The highest BCUT2D eigenvalue weighted by molar-refractivity contribution is 5.91. The predicted octanol–water partition coefficient (Wildman–Crippen LogP) is 0.280. The van der Waals surface area contributed by atoms with Gasteiger partial charge in [0, 0.05) is 18.9 Å². The molecule has 0 aromatic rings. The summed E-state index contributed by atoms with van der Waals surface area (Å²) in [5, 5.41) is 7.78. The Labute approximate surface area is 131 Å². The number of hydrogen-bond donors (Lipinski definition) is 3. The summed E-state index contributed by atoms with van der Waals surface area (Å²) < 4.78 is 0. The molecule has 3 N–H and O–H groups in total. The van der Waals surface area contributed by atoms with Crippen LogP contribution < -0.4 is 16.0 Å². The Bertz CT molecular complexity index is 421. The summed E-state index contributed by atoms with van der Waals surface area (Å²) in [6.45, 7) is 8.26. The van der Waals surface area contributed by atoms with E-state index in [1.807, 2.05) is 13.8 Å². The van der Waals surface area contributed by atoms with Crippen molar-refractivity contribution in [2.45, 2.75) is 72.0 Å². The molecule has 126 valence electrons. The zero-order valence-electron chi connectivity index (χ0n) is 14.0. The molecular formula is C15H27N3O4. The van der Waals surface area contributed by atoms with E-state index in [1.165, 1.54) is 6.92 Å². The first-order valence-electron chi connectivity index (χ1n) is 7.53. The summed E-state index contributed by atoms with van der Waals surface area (Å²) in [5.74, 6) is -0.957. The van der Waals surface area contributed by atoms with Gasteiger partial charge in [-0.1, -0.05) is 0 Å². The molecule has 0 heterocycles. The molecule has 0 aliphatic rings. The van der Waals surface area contributed by atoms with Crippen LogP contribution >= 0.6 is 0 Å². The second-order valence-corrected chi connectivity index (χ2v) is 5.74. The van der Waals surface area contributed by atoms with Crippen molar-refractivity contribution in [3.63, 3.8) is 0 Å². The Kier molecular flexibility index (Phi) is 9.05. The average Bonchev–Trinajstić information content (AvgIpc) is 2.36. The van der Waals surface area contributed by atoms with Crippen LogP contribution in [0.25, 0.3) is 0 Å². The Morgan fingerprint density at radius 1 is 0.773 bits per heavy atom. The molecule has 0 saturated carbocycles. The third-order valence-corrected chi connectivity index (χ3v) is 2.89. The van der Waals surface area contributed by atoms with E-state index >= 15 is 0 Å². The molecule has 22 heavy (non-hydrogen) atoms. The van der Waals surface area contributed by atoms with Crippen LogP contribution in [0.4, 0.5) is 0 Å². The van der Waals surface area contributed by atoms with Crippen molar-refractivity contribution >= 4 is 23.5 Å². The number of hydrogen-bond acceptors (Lipinski definition) is 4. The monoisotopic (exact) mass is 313 g/mol. The van der Waals surface area contributed by atoms with E-state index in [1.54, 1.807) is 13.8 Å². The van der Waals surface area contributed by atoms with E-state index in [0.29, 0.717) is 12.8 Å². The van der Waals surface area contributed by atoms with Crippen LogP contribution in [0.15, 0.2) is 0 Å². The number of amides is 3. The van der Waals surface area contributed by atoms with E-state index in [4.69, 9.17) is 0 Å². The normalized spacial score (nSPS) is 13.2. The van der Waals surface area contributed by atoms with Crippen LogP contribution in [-0.4, -0.2) is 41.6 Å². The fourth-order valence-electron chi connectivity index (χ4n) is 1.69. The van der Waals surface area contributed by atoms with Gasteiger partial charge in [0.1, 0.15) is 17.9 Å². The lowest BCUT2D eigenvalue weighted by Gasteiger charge is -2.19. The maximum Gasteiger partial charge on any atom is 0.242 e. The topological polar surface area (TPSA) is 104 Å². The lowest BCUT2D eigenvalue weighted by Crippen LogP contribution is -2.52. The zero-order valence-corrected chi connectivity index (χ0v) is 14.0. The Balaban J connectivity index is 4.17. The van der Waals surface area contributed by atoms with Gasteiger partial charge in [-0.3, -0.25) is 14.4 Å². The largest absolute Gasteiger partial charge is 0.352 e. The highest BCUT2D eigenvalue weighted by Gasteiger charge is 2.21. The summed E-state index contributed by atoms with van der Waals surface area (Å²) in [7, 11) is 0. The highest BCUT2D eigenvalue weighted by atomic mass is 16.2. The Hall–Kier alpha value is -1.92. The SMILES string of the molecule is CC(=O)CCCC(=O)NC(C)C(=O)NC(C)C(=O)NC(C)C. The minimum atomic E-state index is -0.737. The maximum atomic E-state index is 11.9. The molecule has 0 aromatic heterocycles. The number of Topliss-reactive ketones (excluding diaryl/α,β-unsaturated/α-hetero) is 1. The van der Waals surface area contributed by atoms with E-state index in [0.717, 1.165) is 0 Å². The maximum absolute atomic E-state index is 11.9. The van der Waals surface area contributed by atoms with E-state index < -0.39 is 18.0 Å². The molecule has 7 nitrogen and oxygen atoms in total. The van der Waals surface area contributed by atoms with Crippen LogP contribution in [0.5, 0.6) is 0 Å². The van der Waals surface area contributed by atoms with Crippen molar-refractivity contribution in [3.8, 4) is 0 Å². The molecule has 0 aliphatic heterocycles. The smallest absolute Gasteiger partial charge is 0.242 e. The molecule has 7 heteroatoms. The second kappa shape index (κ2) is 9.92. The molecule has 2 unspecified atom stereocenters. The molecule has 0 bridgehead atoms. The minimum absolute atomic E-state index is 0.00902. The van der Waals surface area contributed by atoms with Gasteiger partial charge in [-0.15, -0.1) is 0 Å². The summed E-state index contributed by atoms with van der Waals surface area (Å²) in [6, 6.07) is -1.42. The fourth-order valence-corrected chi connectivity index (χ4v) is 1.69. The third-order valence-electron chi connectivity index (χ3n) is 2.89. The highest BCUT2D eigenvalue weighted by Crippen LogP contribution is 1.97. The Morgan fingerprint density at radius 2 is 1.27 bits per heavy atom. The second-order valence-electron chi connectivity index (χ2n) is 5.74. The number of rotatable bonds is 9. The van der Waals surface area contributed by atoms with Crippen LogP contribution in [0.2, 0.25) is 0 Å². The van der Waals surface area contributed by atoms with Crippen molar-refractivity contribution in [2.75, 3.05) is 0 Å². The first-order valence-corrected chi connectivity index (χ1v) is 7.53. The van der Waals surface area contributed by atoms with Gasteiger partial charge < -0.3 is 20.7 Å². The van der Waals surface area contributed by atoms with Gasteiger partial charge in [0.25, 0.3) is 0 Å². The molecule has 0 rings (SSSR count). The molecule has 3 amide bonds. The van der Waals surface area contributed by atoms with Gasteiger partial charge >= 0.3 is 0 Å². The first-order chi connectivity index (χ1) is 10.1. The number of ketones is 1. The number of nitrogens with one attached hydrogen (secondary N) is 3. The minimum Gasteiger partial charge on any atom is -0.352 e. The average molecular weight is 313 g/mol. The van der Waals surface area contributed by atoms with Crippen LogP contribution in [0.3, 0.4) is 0 Å². The molecule has 0 saturated heterocycles. The van der Waals surface area contributed by atoms with Crippen molar-refractivity contribution < 1.29 is 19.2 Å². The van der Waals surface area contributed by atoms with Crippen LogP contribution in [-0.2, 0) is 19.2 Å². The quantitative estimate of drug-likeness (QED) is 0.568. The van der Waals surface area contributed by atoms with E-state index in [-0.39, 0.29) is 30.1 Å². The fraction of sp³-hybridized carbons (Fsp3) is 0.733. The summed E-state index contributed by atoms with van der Waals surface area (Å²) in [5.41, 5.74) is 0. The molecule has 0 aromatic carbocycles. The summed E-state index contributed by atoms with van der Waals surface area (Å²) >= 11 is 0. The number of carbonyl (C=O) groups is 4. The van der Waals surface area contributed by atoms with Gasteiger partial charge in [-0.25, -0.2) is 0 Å².